The molecule has 5 nitrogen and oxygen atoms in total. The van der Waals surface area contributed by atoms with E-state index in [1.165, 1.54) is 5.56 Å². The molecule has 0 radical (unpaired) electrons. The van der Waals surface area contributed by atoms with Gasteiger partial charge < -0.3 is 19.7 Å². The molecule has 0 atom stereocenters. The van der Waals surface area contributed by atoms with Crippen molar-refractivity contribution in [3.8, 4) is 11.5 Å². The van der Waals surface area contributed by atoms with Crippen LogP contribution in [0.3, 0.4) is 0 Å². The molecule has 0 unspecified atom stereocenters. The number of nitrogens with zero attached hydrogens (tertiary/aromatic N) is 1. The molecule has 0 saturated heterocycles. The molecular weight excluding hydrogens is 304 g/mol. The van der Waals surface area contributed by atoms with Gasteiger partial charge in [-0.2, -0.15) is 0 Å². The first kappa shape index (κ1) is 16.2. The molecule has 2 aromatic rings. The Bertz CT molecular complexity index is 716. The molecule has 1 amide bonds. The normalized spacial score (nSPS) is 13.2. The summed E-state index contributed by atoms with van der Waals surface area (Å²) in [5.41, 5.74) is 3.29. The molecule has 2 aromatic carbocycles. The van der Waals surface area contributed by atoms with E-state index in [1.54, 1.807) is 14.2 Å². The van der Waals surface area contributed by atoms with Gasteiger partial charge in [0.1, 0.15) is 0 Å². The zero-order valence-electron chi connectivity index (χ0n) is 14.0. The maximum absolute atomic E-state index is 12.5. The van der Waals surface area contributed by atoms with Gasteiger partial charge in [-0.1, -0.05) is 18.2 Å². The molecule has 0 bridgehead atoms. The molecule has 1 N–H and O–H groups in total. The first-order valence-electron chi connectivity index (χ1n) is 8.01. The van der Waals surface area contributed by atoms with E-state index in [1.807, 2.05) is 47.4 Å². The van der Waals surface area contributed by atoms with Gasteiger partial charge in [0.2, 0.25) is 5.91 Å². The van der Waals surface area contributed by atoms with E-state index in [2.05, 4.69) is 5.32 Å². The Labute approximate surface area is 142 Å². The summed E-state index contributed by atoms with van der Waals surface area (Å²) in [6.45, 7) is 1.62. The van der Waals surface area contributed by atoms with E-state index in [4.69, 9.17) is 9.47 Å². The molecular formula is C19H22N2O3. The topological polar surface area (TPSA) is 50.8 Å². The highest BCUT2D eigenvalue weighted by molar-refractivity contribution is 5.81. The SMILES string of the molecule is COc1cc2c(cc1OC)CN(C(=O)CNc1ccccc1)CC2. The number of nitrogens with one attached hydrogen (secondary N) is 1. The van der Waals surface area contributed by atoms with E-state index in [0.717, 1.165) is 30.0 Å². The monoisotopic (exact) mass is 326 g/mol. The second kappa shape index (κ2) is 7.25. The Morgan fingerprint density at radius 1 is 1.08 bits per heavy atom. The van der Waals surface area contributed by atoms with Crippen LogP contribution in [0.25, 0.3) is 0 Å². The highest BCUT2D eigenvalue weighted by atomic mass is 16.5. The van der Waals surface area contributed by atoms with Crippen molar-refractivity contribution in [3.63, 3.8) is 0 Å². The Balaban J connectivity index is 1.66. The smallest absolute Gasteiger partial charge is 0.242 e. The third-order valence-corrected chi connectivity index (χ3v) is 4.29. The summed E-state index contributed by atoms with van der Waals surface area (Å²) >= 11 is 0. The van der Waals surface area contributed by atoms with Crippen LogP contribution in [0, 0.1) is 0 Å². The fraction of sp³-hybridized carbons (Fsp3) is 0.316. The van der Waals surface area contributed by atoms with Crippen LogP contribution in [0.1, 0.15) is 11.1 Å². The number of anilines is 1. The molecule has 0 saturated carbocycles. The van der Waals surface area contributed by atoms with Crippen LogP contribution < -0.4 is 14.8 Å². The molecule has 0 aromatic heterocycles. The minimum atomic E-state index is 0.0966. The number of methoxy groups -OCH3 is 2. The number of para-hydroxylation sites is 1. The lowest BCUT2D eigenvalue weighted by Gasteiger charge is -2.30. The van der Waals surface area contributed by atoms with Crippen LogP contribution in [0.5, 0.6) is 11.5 Å². The number of benzene rings is 2. The second-order valence-electron chi connectivity index (χ2n) is 5.76. The summed E-state index contributed by atoms with van der Waals surface area (Å²) in [6.07, 6.45) is 0.826. The molecule has 0 aliphatic carbocycles. The zero-order chi connectivity index (χ0) is 16.9. The number of amides is 1. The Morgan fingerprint density at radius 3 is 2.42 bits per heavy atom. The zero-order valence-corrected chi connectivity index (χ0v) is 14.0. The number of carbonyl (C=O) groups excluding carboxylic acids is 1. The molecule has 1 heterocycles. The van der Waals surface area contributed by atoms with Crippen LogP contribution in [0.15, 0.2) is 42.5 Å². The predicted molar refractivity (Wildman–Crippen MR) is 93.6 cm³/mol. The Kier molecular flexibility index (Phi) is 4.89. The van der Waals surface area contributed by atoms with Crippen LogP contribution in [0.2, 0.25) is 0 Å². The van der Waals surface area contributed by atoms with Crippen molar-refractivity contribution in [3.05, 3.63) is 53.6 Å². The standard InChI is InChI=1S/C19H22N2O3/c1-23-17-10-14-8-9-21(13-15(14)11-18(17)24-2)19(22)12-20-16-6-4-3-5-7-16/h3-7,10-11,20H,8-9,12-13H2,1-2H3. The molecule has 1 aliphatic rings. The van der Waals surface area contributed by atoms with Crippen LogP contribution in [-0.2, 0) is 17.8 Å². The first-order valence-corrected chi connectivity index (χ1v) is 8.01. The average molecular weight is 326 g/mol. The van der Waals surface area contributed by atoms with Crippen molar-refractivity contribution in [2.45, 2.75) is 13.0 Å². The van der Waals surface area contributed by atoms with Gasteiger partial charge in [0.25, 0.3) is 0 Å². The number of hydrogen-bond donors (Lipinski definition) is 1. The summed E-state index contributed by atoms with van der Waals surface area (Å²) < 4.78 is 10.7. The third-order valence-electron chi connectivity index (χ3n) is 4.29. The fourth-order valence-electron chi connectivity index (χ4n) is 2.94. The third kappa shape index (κ3) is 3.45. The largest absolute Gasteiger partial charge is 0.493 e. The van der Waals surface area contributed by atoms with Crippen LogP contribution in [0.4, 0.5) is 5.69 Å². The maximum Gasteiger partial charge on any atom is 0.242 e. The number of carbonyl (C=O) groups is 1. The van der Waals surface area contributed by atoms with Crippen molar-refractivity contribution < 1.29 is 14.3 Å². The lowest BCUT2D eigenvalue weighted by molar-refractivity contribution is -0.130. The van der Waals surface area contributed by atoms with Gasteiger partial charge in [0.05, 0.1) is 20.8 Å². The van der Waals surface area contributed by atoms with Gasteiger partial charge in [0.15, 0.2) is 11.5 Å². The summed E-state index contributed by atoms with van der Waals surface area (Å²) in [4.78, 5) is 14.3. The van der Waals surface area contributed by atoms with Crippen molar-refractivity contribution in [1.82, 2.24) is 4.90 Å². The van der Waals surface area contributed by atoms with Crippen molar-refractivity contribution >= 4 is 11.6 Å². The second-order valence-corrected chi connectivity index (χ2v) is 5.76. The predicted octanol–water partition coefficient (Wildman–Crippen LogP) is 2.70. The Hall–Kier alpha value is -2.69. The highest BCUT2D eigenvalue weighted by Gasteiger charge is 2.22. The van der Waals surface area contributed by atoms with Gasteiger partial charge in [-0.05, 0) is 41.8 Å². The molecule has 1 aliphatic heterocycles. The number of rotatable bonds is 5. The number of hydrogen-bond acceptors (Lipinski definition) is 4. The molecule has 126 valence electrons. The highest BCUT2D eigenvalue weighted by Crippen LogP contribution is 2.33. The molecule has 3 rings (SSSR count). The van der Waals surface area contributed by atoms with E-state index in [0.29, 0.717) is 18.8 Å². The van der Waals surface area contributed by atoms with E-state index < -0.39 is 0 Å². The molecule has 24 heavy (non-hydrogen) atoms. The Morgan fingerprint density at radius 2 is 1.75 bits per heavy atom. The fourth-order valence-corrected chi connectivity index (χ4v) is 2.94. The minimum absolute atomic E-state index is 0.0966. The number of ether oxygens (including phenoxy) is 2. The summed E-state index contributed by atoms with van der Waals surface area (Å²) in [7, 11) is 3.26. The summed E-state index contributed by atoms with van der Waals surface area (Å²) in [5, 5.41) is 3.17. The van der Waals surface area contributed by atoms with Gasteiger partial charge in [-0.3, -0.25) is 4.79 Å². The molecule has 0 fully saturated rings. The minimum Gasteiger partial charge on any atom is -0.493 e. The van der Waals surface area contributed by atoms with E-state index in [-0.39, 0.29) is 5.91 Å². The average Bonchev–Trinajstić information content (AvgIpc) is 2.65. The van der Waals surface area contributed by atoms with Gasteiger partial charge in [-0.25, -0.2) is 0 Å². The van der Waals surface area contributed by atoms with Gasteiger partial charge in [0, 0.05) is 18.8 Å². The summed E-state index contributed by atoms with van der Waals surface area (Å²) in [5.74, 6) is 1.54. The van der Waals surface area contributed by atoms with Crippen LogP contribution in [-0.4, -0.2) is 38.1 Å². The number of fused-ring (bicyclic) bond motifs is 1. The van der Waals surface area contributed by atoms with Crippen molar-refractivity contribution in [2.24, 2.45) is 0 Å². The first-order chi connectivity index (χ1) is 11.7. The van der Waals surface area contributed by atoms with Crippen molar-refractivity contribution in [2.75, 3.05) is 32.6 Å². The molecule has 0 spiro atoms. The lowest BCUT2D eigenvalue weighted by atomic mass is 9.98. The van der Waals surface area contributed by atoms with Gasteiger partial charge in [-0.15, -0.1) is 0 Å². The maximum atomic E-state index is 12.5. The summed E-state index contributed by atoms with van der Waals surface area (Å²) in [6, 6.07) is 13.7. The quantitative estimate of drug-likeness (QED) is 0.918. The lowest BCUT2D eigenvalue weighted by Crippen LogP contribution is -2.39. The van der Waals surface area contributed by atoms with E-state index >= 15 is 0 Å². The van der Waals surface area contributed by atoms with Crippen LogP contribution >= 0.6 is 0 Å². The van der Waals surface area contributed by atoms with Gasteiger partial charge >= 0.3 is 0 Å². The van der Waals surface area contributed by atoms with Crippen molar-refractivity contribution in [1.29, 1.82) is 0 Å². The molecule has 5 heteroatoms. The van der Waals surface area contributed by atoms with E-state index in [9.17, 15) is 4.79 Å².